The van der Waals surface area contributed by atoms with Gasteiger partial charge in [0, 0.05) is 37.1 Å². The molecular formula is C17H20N4O2. The number of ether oxygens (including phenoxy) is 1. The van der Waals surface area contributed by atoms with Crippen molar-refractivity contribution in [3.05, 3.63) is 48.2 Å². The third-order valence-corrected chi connectivity index (χ3v) is 4.03. The lowest BCUT2D eigenvalue weighted by atomic mass is 9.94. The van der Waals surface area contributed by atoms with Gasteiger partial charge >= 0.3 is 5.97 Å². The van der Waals surface area contributed by atoms with E-state index < -0.39 is 0 Å². The van der Waals surface area contributed by atoms with Gasteiger partial charge in [0.25, 0.3) is 0 Å². The highest BCUT2D eigenvalue weighted by Crippen LogP contribution is 2.27. The van der Waals surface area contributed by atoms with E-state index in [1.54, 1.807) is 31.7 Å². The summed E-state index contributed by atoms with van der Waals surface area (Å²) < 4.78 is 4.98. The van der Waals surface area contributed by atoms with Crippen LogP contribution in [0.4, 0.5) is 5.82 Å². The molecular weight excluding hydrogens is 292 g/mol. The molecule has 2 aromatic heterocycles. The van der Waals surface area contributed by atoms with Crippen molar-refractivity contribution in [2.24, 2.45) is 0 Å². The molecule has 0 aliphatic carbocycles. The van der Waals surface area contributed by atoms with Crippen LogP contribution in [0.2, 0.25) is 0 Å². The smallest absolute Gasteiger partial charge is 0.339 e. The Morgan fingerprint density at radius 2 is 2.26 bits per heavy atom. The van der Waals surface area contributed by atoms with Crippen molar-refractivity contribution in [1.29, 1.82) is 0 Å². The van der Waals surface area contributed by atoms with E-state index in [2.05, 4.69) is 19.9 Å². The van der Waals surface area contributed by atoms with E-state index in [0.29, 0.717) is 18.1 Å². The number of nitrogens with zero attached hydrogens (tertiary/aromatic N) is 4. The van der Waals surface area contributed by atoms with Gasteiger partial charge in [0.2, 0.25) is 0 Å². The molecule has 23 heavy (non-hydrogen) atoms. The Morgan fingerprint density at radius 3 is 2.96 bits per heavy atom. The van der Waals surface area contributed by atoms with Crippen LogP contribution in [-0.2, 0) is 4.74 Å². The van der Waals surface area contributed by atoms with Gasteiger partial charge in [-0.3, -0.25) is 0 Å². The standard InChI is InChI=1S/C17H20N4O2/c1-2-23-17(22)13-5-6-16(19-10-13)21-9-3-4-14(11-21)15-7-8-18-12-20-15/h5-8,10,12,14H,2-4,9,11H2,1H3/t14-/m1/s1. The number of rotatable bonds is 4. The molecule has 1 aliphatic rings. The SMILES string of the molecule is CCOC(=O)c1ccc(N2CCC[C@@H](c3ccncn3)C2)nc1. The Bertz CT molecular complexity index is 645. The molecule has 0 radical (unpaired) electrons. The van der Waals surface area contributed by atoms with Crippen LogP contribution in [0.5, 0.6) is 0 Å². The zero-order valence-corrected chi connectivity index (χ0v) is 13.2. The number of hydrogen-bond donors (Lipinski definition) is 0. The number of carbonyl (C=O) groups is 1. The van der Waals surface area contributed by atoms with Gasteiger partial charge in [-0.05, 0) is 38.0 Å². The molecule has 0 spiro atoms. The number of hydrogen-bond acceptors (Lipinski definition) is 6. The monoisotopic (exact) mass is 312 g/mol. The molecule has 3 rings (SSSR count). The van der Waals surface area contributed by atoms with Crippen LogP contribution in [0.3, 0.4) is 0 Å². The molecule has 0 aromatic carbocycles. The third kappa shape index (κ3) is 3.64. The van der Waals surface area contributed by atoms with Crippen molar-refractivity contribution in [1.82, 2.24) is 15.0 Å². The van der Waals surface area contributed by atoms with E-state index in [9.17, 15) is 4.79 Å². The predicted molar refractivity (Wildman–Crippen MR) is 86.4 cm³/mol. The maximum atomic E-state index is 11.7. The van der Waals surface area contributed by atoms with Gasteiger partial charge in [-0.1, -0.05) is 0 Å². The fraction of sp³-hybridized carbons (Fsp3) is 0.412. The van der Waals surface area contributed by atoms with E-state index in [-0.39, 0.29) is 5.97 Å². The van der Waals surface area contributed by atoms with Crippen LogP contribution in [0.25, 0.3) is 0 Å². The summed E-state index contributed by atoms with van der Waals surface area (Å²) in [4.78, 5) is 26.7. The summed E-state index contributed by atoms with van der Waals surface area (Å²) >= 11 is 0. The van der Waals surface area contributed by atoms with E-state index in [1.165, 1.54) is 0 Å². The molecule has 0 N–H and O–H groups in total. The summed E-state index contributed by atoms with van der Waals surface area (Å²) in [6, 6.07) is 5.63. The van der Waals surface area contributed by atoms with Crippen LogP contribution >= 0.6 is 0 Å². The van der Waals surface area contributed by atoms with Gasteiger partial charge in [0.15, 0.2) is 0 Å². The molecule has 6 heteroatoms. The largest absolute Gasteiger partial charge is 0.462 e. The highest BCUT2D eigenvalue weighted by atomic mass is 16.5. The predicted octanol–water partition coefficient (Wildman–Crippen LogP) is 2.43. The molecule has 3 heterocycles. The topological polar surface area (TPSA) is 68.2 Å². The molecule has 6 nitrogen and oxygen atoms in total. The van der Waals surface area contributed by atoms with Crippen molar-refractivity contribution in [3.8, 4) is 0 Å². The van der Waals surface area contributed by atoms with E-state index in [0.717, 1.165) is 37.4 Å². The van der Waals surface area contributed by atoms with Gasteiger partial charge in [-0.2, -0.15) is 0 Å². The van der Waals surface area contributed by atoms with Gasteiger partial charge < -0.3 is 9.64 Å². The molecule has 0 saturated carbocycles. The van der Waals surface area contributed by atoms with Crippen molar-refractivity contribution in [2.75, 3.05) is 24.6 Å². The Hall–Kier alpha value is -2.50. The first-order valence-electron chi connectivity index (χ1n) is 7.92. The van der Waals surface area contributed by atoms with Crippen LogP contribution in [0.15, 0.2) is 36.9 Å². The summed E-state index contributed by atoms with van der Waals surface area (Å²) in [6.45, 7) is 4.00. The molecule has 1 saturated heterocycles. The molecule has 1 aliphatic heterocycles. The third-order valence-electron chi connectivity index (χ3n) is 4.03. The molecule has 2 aromatic rings. The average Bonchev–Trinajstić information content (AvgIpc) is 2.63. The molecule has 0 unspecified atom stereocenters. The lowest BCUT2D eigenvalue weighted by molar-refractivity contribution is 0.0526. The summed E-state index contributed by atoms with van der Waals surface area (Å²) in [5.41, 5.74) is 1.56. The van der Waals surface area contributed by atoms with Crippen LogP contribution < -0.4 is 4.90 Å². The minimum Gasteiger partial charge on any atom is -0.462 e. The van der Waals surface area contributed by atoms with Gasteiger partial charge in [0.1, 0.15) is 12.1 Å². The lowest BCUT2D eigenvalue weighted by Gasteiger charge is -2.33. The molecule has 0 amide bonds. The quantitative estimate of drug-likeness (QED) is 0.808. The molecule has 1 fully saturated rings. The van der Waals surface area contributed by atoms with Crippen LogP contribution in [0.1, 0.15) is 41.7 Å². The van der Waals surface area contributed by atoms with Crippen molar-refractivity contribution in [2.45, 2.75) is 25.7 Å². The minimum absolute atomic E-state index is 0.330. The fourth-order valence-electron chi connectivity index (χ4n) is 2.88. The minimum atomic E-state index is -0.330. The molecule has 0 bridgehead atoms. The van der Waals surface area contributed by atoms with Gasteiger partial charge in [-0.25, -0.2) is 19.7 Å². The Kier molecular flexibility index (Phi) is 4.80. The van der Waals surface area contributed by atoms with Crippen LogP contribution in [-0.4, -0.2) is 40.6 Å². The molecule has 120 valence electrons. The molecule has 1 atom stereocenters. The first-order chi connectivity index (χ1) is 11.3. The van der Waals surface area contributed by atoms with Crippen molar-refractivity contribution in [3.63, 3.8) is 0 Å². The average molecular weight is 312 g/mol. The first-order valence-corrected chi connectivity index (χ1v) is 7.92. The number of esters is 1. The maximum absolute atomic E-state index is 11.7. The summed E-state index contributed by atoms with van der Waals surface area (Å²) in [7, 11) is 0. The Balaban J connectivity index is 1.70. The summed E-state index contributed by atoms with van der Waals surface area (Å²) in [6.07, 6.45) is 7.18. The Morgan fingerprint density at radius 1 is 1.35 bits per heavy atom. The second kappa shape index (κ2) is 7.17. The van der Waals surface area contributed by atoms with E-state index in [1.807, 2.05) is 12.1 Å². The zero-order valence-electron chi connectivity index (χ0n) is 13.2. The number of aromatic nitrogens is 3. The maximum Gasteiger partial charge on any atom is 0.339 e. The highest BCUT2D eigenvalue weighted by Gasteiger charge is 2.23. The van der Waals surface area contributed by atoms with Gasteiger partial charge in [0.05, 0.1) is 12.2 Å². The van der Waals surface area contributed by atoms with E-state index in [4.69, 9.17) is 4.74 Å². The zero-order chi connectivity index (χ0) is 16.1. The summed E-state index contributed by atoms with van der Waals surface area (Å²) in [5, 5.41) is 0. The van der Waals surface area contributed by atoms with Crippen molar-refractivity contribution >= 4 is 11.8 Å². The number of carbonyl (C=O) groups excluding carboxylic acids is 1. The number of anilines is 1. The van der Waals surface area contributed by atoms with Gasteiger partial charge in [-0.15, -0.1) is 0 Å². The normalized spacial score (nSPS) is 17.8. The second-order valence-corrected chi connectivity index (χ2v) is 5.54. The van der Waals surface area contributed by atoms with Crippen molar-refractivity contribution < 1.29 is 9.53 Å². The number of pyridine rings is 1. The summed E-state index contributed by atoms with van der Waals surface area (Å²) in [5.74, 6) is 0.944. The van der Waals surface area contributed by atoms with E-state index >= 15 is 0 Å². The Labute approximate surface area is 135 Å². The lowest BCUT2D eigenvalue weighted by Crippen LogP contribution is -2.35. The fourth-order valence-corrected chi connectivity index (χ4v) is 2.88. The highest BCUT2D eigenvalue weighted by molar-refractivity contribution is 5.89. The first kappa shape index (κ1) is 15.4. The number of piperidine rings is 1. The second-order valence-electron chi connectivity index (χ2n) is 5.54. The van der Waals surface area contributed by atoms with Crippen LogP contribution in [0, 0.1) is 0 Å².